The number of nitrogens with zero attached hydrogens (tertiary/aromatic N) is 4. The van der Waals surface area contributed by atoms with E-state index in [4.69, 9.17) is 26.6 Å². The number of halogens is 1. The minimum atomic E-state index is -1.50. The lowest BCUT2D eigenvalue weighted by Crippen LogP contribution is -2.23. The van der Waals surface area contributed by atoms with E-state index in [9.17, 15) is 0 Å². The quantitative estimate of drug-likeness (QED) is 0.425. The molecule has 0 bridgehead atoms. The van der Waals surface area contributed by atoms with Gasteiger partial charge in [0.15, 0.2) is 22.8 Å². The van der Waals surface area contributed by atoms with Crippen LogP contribution < -0.4 is 10.6 Å². The lowest BCUT2D eigenvalue weighted by Gasteiger charge is -2.16. The Morgan fingerprint density at radius 3 is 2.55 bits per heavy atom. The lowest BCUT2D eigenvalue weighted by molar-refractivity contribution is -0.127. The molecule has 2 unspecified atom stereocenters. The fourth-order valence-corrected chi connectivity index (χ4v) is 3.90. The van der Waals surface area contributed by atoms with Gasteiger partial charge in [-0.25, -0.2) is 4.98 Å². The van der Waals surface area contributed by atoms with E-state index in [-0.39, 0.29) is 17.6 Å². The zero-order valence-corrected chi connectivity index (χ0v) is 18.0. The summed E-state index contributed by atoms with van der Waals surface area (Å²) in [6.45, 7) is 3.45. The van der Waals surface area contributed by atoms with Gasteiger partial charge in [0, 0.05) is 12.6 Å². The van der Waals surface area contributed by atoms with Gasteiger partial charge in [-0.2, -0.15) is 9.97 Å². The molecule has 1 aliphatic carbocycles. The molecule has 1 aliphatic heterocycles. The minimum absolute atomic E-state index is 0.0429. The minimum Gasteiger partial charge on any atom is -0.366 e. The zero-order valence-electron chi connectivity index (χ0n) is 17.2. The summed E-state index contributed by atoms with van der Waals surface area (Å²) in [5.41, 5.74) is 1.51. The van der Waals surface area contributed by atoms with Crippen molar-refractivity contribution in [1.82, 2.24) is 24.8 Å². The van der Waals surface area contributed by atoms with Gasteiger partial charge in [-0.05, 0) is 58.2 Å². The number of imidazole rings is 1. The number of likely N-dealkylation sites (N-methyl/N-ethyl adjacent to an activating group) is 1. The molecule has 0 spiro atoms. The Morgan fingerprint density at radius 2 is 1.90 bits per heavy atom. The Balaban J connectivity index is 0.000000431. The number of rotatable bonds is 5. The average molecular weight is 427 g/mol. The monoisotopic (exact) mass is 426 g/mol. The molecule has 2 aliphatic rings. The Morgan fingerprint density at radius 1 is 1.21 bits per heavy atom. The van der Waals surface area contributed by atoms with Gasteiger partial charge in [-0.3, -0.25) is 4.57 Å². The van der Waals surface area contributed by atoms with Crippen LogP contribution in [0.5, 0.6) is 0 Å². The molecule has 2 atom stereocenters. The second-order valence-electron chi connectivity index (χ2n) is 8.13. The molecule has 0 radical (unpaired) electrons. The number of hydrogen-bond acceptors (Lipinski definition) is 8. The topological polar surface area (TPSA) is 117 Å². The van der Waals surface area contributed by atoms with Gasteiger partial charge in [0.1, 0.15) is 6.23 Å². The highest BCUT2D eigenvalue weighted by Gasteiger charge is 2.28. The maximum Gasteiger partial charge on any atom is 0.226 e. The van der Waals surface area contributed by atoms with Gasteiger partial charge in [0.25, 0.3) is 0 Å². The van der Waals surface area contributed by atoms with Crippen LogP contribution in [0.15, 0.2) is 6.33 Å². The predicted octanol–water partition coefficient (Wildman–Crippen LogP) is 2.44. The third kappa shape index (κ3) is 6.23. The third-order valence-electron chi connectivity index (χ3n) is 4.92. The zero-order chi connectivity index (χ0) is 21.0. The van der Waals surface area contributed by atoms with Gasteiger partial charge in [-0.1, -0.05) is 12.8 Å². The Bertz CT molecular complexity index is 797. The van der Waals surface area contributed by atoms with Gasteiger partial charge < -0.3 is 25.6 Å². The van der Waals surface area contributed by atoms with Crippen LogP contribution in [0.2, 0.25) is 5.28 Å². The maximum absolute atomic E-state index is 8.08. The molecular weight excluding hydrogens is 396 g/mol. The van der Waals surface area contributed by atoms with Crippen molar-refractivity contribution in [3.63, 3.8) is 0 Å². The summed E-state index contributed by atoms with van der Waals surface area (Å²) >= 11 is 6.17. The van der Waals surface area contributed by atoms with E-state index in [1.165, 1.54) is 39.5 Å². The summed E-state index contributed by atoms with van der Waals surface area (Å²) in [4.78, 5) is 13.3. The highest BCUT2D eigenvalue weighted by Crippen LogP contribution is 2.32. The van der Waals surface area contributed by atoms with Crippen molar-refractivity contribution in [2.24, 2.45) is 0 Å². The van der Waals surface area contributed by atoms with Gasteiger partial charge >= 0.3 is 0 Å². The fraction of sp³-hybridized carbons (Fsp3) is 0.737. The number of aliphatic hydroxyl groups is 2. The van der Waals surface area contributed by atoms with Crippen LogP contribution >= 0.6 is 11.6 Å². The molecule has 162 valence electrons. The summed E-state index contributed by atoms with van der Waals surface area (Å²) < 4.78 is 8.09. The second-order valence-corrected chi connectivity index (χ2v) is 8.47. The first-order valence-corrected chi connectivity index (χ1v) is 10.5. The highest BCUT2D eigenvalue weighted by molar-refractivity contribution is 6.28. The van der Waals surface area contributed by atoms with Crippen molar-refractivity contribution >= 4 is 28.6 Å². The van der Waals surface area contributed by atoms with Crippen molar-refractivity contribution < 1.29 is 14.9 Å². The molecule has 0 amide bonds. The fourth-order valence-electron chi connectivity index (χ4n) is 3.73. The molecular formula is C19H31ClN6O3. The molecule has 9 nitrogen and oxygen atoms in total. The highest BCUT2D eigenvalue weighted by atomic mass is 35.5. The molecule has 2 aromatic rings. The van der Waals surface area contributed by atoms with Gasteiger partial charge in [0.2, 0.25) is 5.28 Å². The molecule has 2 fully saturated rings. The number of nitrogens with one attached hydrogen (secondary N) is 2. The number of aromatic nitrogens is 4. The first kappa shape index (κ1) is 22.2. The number of ether oxygens (including phenoxy) is 1. The van der Waals surface area contributed by atoms with E-state index in [0.29, 0.717) is 6.04 Å². The van der Waals surface area contributed by atoms with Crippen LogP contribution in [0.1, 0.15) is 58.6 Å². The molecule has 29 heavy (non-hydrogen) atoms. The van der Waals surface area contributed by atoms with Crippen molar-refractivity contribution in [2.45, 2.75) is 76.5 Å². The van der Waals surface area contributed by atoms with E-state index in [2.05, 4.69) is 25.6 Å². The van der Waals surface area contributed by atoms with E-state index in [1.807, 2.05) is 11.6 Å². The molecule has 4 N–H and O–H groups in total. The first-order chi connectivity index (χ1) is 13.7. The standard InChI is InChI=1S/C16H23ClN6O.C3H8O2/c1-18-8-11-6-7-12(24-11)23-9-19-13-14(20-10-4-2-3-5-10)21-16(17)22-15(13)23;1-3(2,4)5/h9-12,18H,2-8H2,1H3,(H,20,21,22);4-5H,1-2H3. The predicted molar refractivity (Wildman–Crippen MR) is 112 cm³/mol. The summed E-state index contributed by atoms with van der Waals surface area (Å²) in [6, 6.07) is 0.451. The van der Waals surface area contributed by atoms with E-state index < -0.39 is 5.79 Å². The SMILES string of the molecule is CC(C)(O)O.CNCC1CCC(n2cnc3c(NC4CCCC4)nc(Cl)nc32)O1. The van der Waals surface area contributed by atoms with Crippen LogP contribution in [0, 0.1) is 0 Å². The first-order valence-electron chi connectivity index (χ1n) is 10.2. The molecule has 1 saturated heterocycles. The third-order valence-corrected chi connectivity index (χ3v) is 5.09. The van der Waals surface area contributed by atoms with Crippen LogP contribution in [0.25, 0.3) is 11.2 Å². The average Bonchev–Trinajstić information content (AvgIpc) is 3.33. The molecule has 3 heterocycles. The van der Waals surface area contributed by atoms with Crippen molar-refractivity contribution in [3.05, 3.63) is 11.6 Å². The summed E-state index contributed by atoms with van der Waals surface area (Å²) in [5, 5.41) is 23.1. The van der Waals surface area contributed by atoms with Crippen molar-refractivity contribution in [3.8, 4) is 0 Å². The Labute approximate surface area is 175 Å². The van der Waals surface area contributed by atoms with E-state index >= 15 is 0 Å². The summed E-state index contributed by atoms with van der Waals surface area (Å²) in [6.07, 6.45) is 8.81. The summed E-state index contributed by atoms with van der Waals surface area (Å²) in [5.74, 6) is -0.763. The van der Waals surface area contributed by atoms with E-state index in [0.717, 1.165) is 36.4 Å². The number of hydrogen-bond donors (Lipinski definition) is 4. The van der Waals surface area contributed by atoms with Crippen LogP contribution in [-0.4, -0.2) is 61.3 Å². The number of anilines is 1. The molecule has 2 aromatic heterocycles. The number of fused-ring (bicyclic) bond motifs is 1. The molecule has 4 rings (SSSR count). The molecule has 1 saturated carbocycles. The molecule has 0 aromatic carbocycles. The van der Waals surface area contributed by atoms with Gasteiger partial charge in [-0.15, -0.1) is 0 Å². The lowest BCUT2D eigenvalue weighted by atomic mass is 10.2. The van der Waals surface area contributed by atoms with E-state index in [1.54, 1.807) is 6.33 Å². The van der Waals surface area contributed by atoms with Crippen molar-refractivity contribution in [2.75, 3.05) is 18.9 Å². The largest absolute Gasteiger partial charge is 0.366 e. The van der Waals surface area contributed by atoms with Crippen LogP contribution in [0.3, 0.4) is 0 Å². The maximum atomic E-state index is 8.08. The van der Waals surface area contributed by atoms with Crippen LogP contribution in [0.4, 0.5) is 5.82 Å². The normalized spacial score (nSPS) is 22.7. The molecule has 10 heteroatoms. The van der Waals surface area contributed by atoms with Gasteiger partial charge in [0.05, 0.1) is 12.4 Å². The Kier molecular flexibility index (Phi) is 7.28. The van der Waals surface area contributed by atoms with Crippen molar-refractivity contribution in [1.29, 1.82) is 0 Å². The summed E-state index contributed by atoms with van der Waals surface area (Å²) in [7, 11) is 1.94. The second kappa shape index (κ2) is 9.53. The Hall–Kier alpha value is -1.52. The van der Waals surface area contributed by atoms with Crippen LogP contribution in [-0.2, 0) is 4.74 Å². The smallest absolute Gasteiger partial charge is 0.226 e.